The average Bonchev–Trinajstić information content (AvgIpc) is 3.02. The number of aliphatic hydroxyl groups excluding tert-OH is 1. The molecule has 2 heterocycles. The van der Waals surface area contributed by atoms with Crippen molar-refractivity contribution in [1.82, 2.24) is 9.88 Å². The molecule has 26 heavy (non-hydrogen) atoms. The number of hydrogen-bond acceptors (Lipinski definition) is 7. The Morgan fingerprint density at radius 3 is 2.69 bits per heavy atom. The zero-order valence-corrected chi connectivity index (χ0v) is 15.7. The summed E-state index contributed by atoms with van der Waals surface area (Å²) in [5, 5.41) is 9.62. The van der Waals surface area contributed by atoms with E-state index in [1.807, 2.05) is 13.1 Å². The highest BCUT2D eigenvalue weighted by atomic mass is 32.2. The molecule has 2 N–H and O–H groups in total. The van der Waals surface area contributed by atoms with Crippen LogP contribution in [-0.4, -0.2) is 42.8 Å². The lowest BCUT2D eigenvalue weighted by atomic mass is 10.1. The van der Waals surface area contributed by atoms with E-state index < -0.39 is 15.9 Å². The van der Waals surface area contributed by atoms with Crippen molar-refractivity contribution in [3.05, 3.63) is 53.3 Å². The Bertz CT molecular complexity index is 869. The Morgan fingerprint density at radius 2 is 2.04 bits per heavy atom. The average molecular weight is 377 g/mol. The van der Waals surface area contributed by atoms with Gasteiger partial charge in [-0.1, -0.05) is 19.1 Å². The summed E-state index contributed by atoms with van der Waals surface area (Å²) in [5.74, 6) is 0.0499. The lowest BCUT2D eigenvalue weighted by Crippen LogP contribution is -2.14. The maximum Gasteiger partial charge on any atom is 0.178 e. The number of sulfone groups is 1. The van der Waals surface area contributed by atoms with Crippen LogP contribution in [0.15, 0.2) is 41.4 Å². The lowest BCUT2D eigenvalue weighted by molar-refractivity contribution is 0.0464. The van der Waals surface area contributed by atoms with Gasteiger partial charge in [0.15, 0.2) is 9.84 Å². The Hall–Kier alpha value is -2.00. The molecule has 0 radical (unpaired) electrons. The summed E-state index contributed by atoms with van der Waals surface area (Å²) < 4.78 is 23.8. The second kappa shape index (κ2) is 7.71. The fraction of sp³-hybridized carbons (Fsp3) is 0.389. The topological polar surface area (TPSA) is 91.8 Å². The number of hydrogen-bond donors (Lipinski definition) is 2. The molecular formula is C18H23N3O4S. The van der Waals surface area contributed by atoms with Crippen molar-refractivity contribution in [3.8, 4) is 0 Å². The van der Waals surface area contributed by atoms with Crippen LogP contribution in [0.4, 0.5) is 5.69 Å². The summed E-state index contributed by atoms with van der Waals surface area (Å²) in [7, 11) is -1.21. The fourth-order valence-electron chi connectivity index (χ4n) is 2.88. The van der Waals surface area contributed by atoms with Crippen LogP contribution in [0.1, 0.15) is 29.8 Å². The van der Waals surface area contributed by atoms with Gasteiger partial charge in [0.25, 0.3) is 0 Å². The minimum Gasteiger partial charge on any atom is -0.393 e. The number of aromatic nitrogens is 1. The van der Waals surface area contributed by atoms with Crippen LogP contribution >= 0.6 is 0 Å². The third-order valence-electron chi connectivity index (χ3n) is 4.40. The second-order valence-electron chi connectivity index (χ2n) is 6.37. The van der Waals surface area contributed by atoms with E-state index in [2.05, 4.69) is 15.4 Å². The summed E-state index contributed by atoms with van der Waals surface area (Å²) in [6, 6.07) is 8.36. The van der Waals surface area contributed by atoms with Crippen LogP contribution < -0.4 is 5.48 Å². The molecule has 1 unspecified atom stereocenters. The lowest BCUT2D eigenvalue weighted by Gasteiger charge is -2.17. The highest BCUT2D eigenvalue weighted by molar-refractivity contribution is 7.91. The molecule has 140 valence electrons. The van der Waals surface area contributed by atoms with Gasteiger partial charge in [0.2, 0.25) is 0 Å². The molecule has 0 bridgehead atoms. The molecule has 1 aromatic heterocycles. The van der Waals surface area contributed by atoms with Crippen molar-refractivity contribution in [2.45, 2.75) is 31.0 Å². The zero-order valence-electron chi connectivity index (χ0n) is 14.8. The number of nitrogens with zero attached hydrogens (tertiary/aromatic N) is 2. The monoisotopic (exact) mass is 377 g/mol. The maximum atomic E-state index is 11.9. The van der Waals surface area contributed by atoms with Gasteiger partial charge in [-0.15, -0.1) is 0 Å². The van der Waals surface area contributed by atoms with Gasteiger partial charge in [-0.2, -0.15) is 0 Å². The minimum absolute atomic E-state index is 0.0499. The molecule has 0 spiro atoms. The summed E-state index contributed by atoms with van der Waals surface area (Å²) >= 11 is 0. The van der Waals surface area contributed by atoms with Gasteiger partial charge in [-0.25, -0.2) is 8.42 Å². The Balaban J connectivity index is 1.68. The molecule has 0 saturated heterocycles. The second-order valence-corrected chi connectivity index (χ2v) is 8.64. The molecule has 8 heteroatoms. The predicted molar refractivity (Wildman–Crippen MR) is 98.1 cm³/mol. The SMILES string of the molecule is CCS(=O)(=O)c1ccc(C(CO)ONc2cnc3c(c2)CN(C)C3)cc1. The highest BCUT2D eigenvalue weighted by Crippen LogP contribution is 2.24. The smallest absolute Gasteiger partial charge is 0.178 e. The number of rotatable bonds is 7. The first-order valence-electron chi connectivity index (χ1n) is 8.44. The van der Waals surface area contributed by atoms with Gasteiger partial charge in [0.05, 0.1) is 34.8 Å². The van der Waals surface area contributed by atoms with Gasteiger partial charge < -0.3 is 5.11 Å². The van der Waals surface area contributed by atoms with Crippen molar-refractivity contribution in [1.29, 1.82) is 0 Å². The highest BCUT2D eigenvalue weighted by Gasteiger charge is 2.18. The van der Waals surface area contributed by atoms with E-state index in [1.54, 1.807) is 25.3 Å². The summed E-state index contributed by atoms with van der Waals surface area (Å²) in [6.07, 6.45) is 1.08. The molecule has 1 aliphatic heterocycles. The van der Waals surface area contributed by atoms with Crippen molar-refractivity contribution >= 4 is 15.5 Å². The Morgan fingerprint density at radius 1 is 1.31 bits per heavy atom. The van der Waals surface area contributed by atoms with Crippen molar-refractivity contribution in [3.63, 3.8) is 0 Å². The minimum atomic E-state index is -3.24. The molecule has 0 saturated carbocycles. The summed E-state index contributed by atoms with van der Waals surface area (Å²) in [6.45, 7) is 3.04. The van der Waals surface area contributed by atoms with Crippen molar-refractivity contribution < 1.29 is 18.4 Å². The standard InChI is InChI=1S/C18H23N3O4S/c1-3-26(23,24)16-6-4-13(5-7-16)18(12-22)25-20-15-8-14-10-21(2)11-17(14)19-9-15/h4-9,18,20,22H,3,10-12H2,1-2H3. The van der Waals surface area contributed by atoms with Gasteiger partial charge in [0, 0.05) is 13.1 Å². The largest absolute Gasteiger partial charge is 0.393 e. The zero-order chi connectivity index (χ0) is 18.7. The van der Waals surface area contributed by atoms with E-state index in [9.17, 15) is 13.5 Å². The van der Waals surface area contributed by atoms with Crippen LogP contribution in [-0.2, 0) is 27.8 Å². The van der Waals surface area contributed by atoms with Crippen LogP contribution in [0.2, 0.25) is 0 Å². The summed E-state index contributed by atoms with van der Waals surface area (Å²) in [4.78, 5) is 12.5. The third kappa shape index (κ3) is 4.04. The molecule has 0 aliphatic carbocycles. The number of pyridine rings is 1. The number of benzene rings is 1. The van der Waals surface area contributed by atoms with Crippen LogP contribution in [0.5, 0.6) is 0 Å². The predicted octanol–water partition coefficient (Wildman–Crippen LogP) is 1.90. The van der Waals surface area contributed by atoms with Gasteiger partial charge in [-0.3, -0.25) is 20.2 Å². The molecule has 0 fully saturated rings. The van der Waals surface area contributed by atoms with Crippen LogP contribution in [0.3, 0.4) is 0 Å². The van der Waals surface area contributed by atoms with Crippen LogP contribution in [0, 0.1) is 0 Å². The number of aliphatic hydroxyl groups is 1. The fourth-order valence-corrected chi connectivity index (χ4v) is 3.77. The first kappa shape index (κ1) is 18.8. The molecular weight excluding hydrogens is 354 g/mol. The molecule has 0 amide bonds. The number of fused-ring (bicyclic) bond motifs is 1. The number of anilines is 1. The van der Waals surface area contributed by atoms with E-state index >= 15 is 0 Å². The third-order valence-corrected chi connectivity index (χ3v) is 6.15. The van der Waals surface area contributed by atoms with E-state index in [0.717, 1.165) is 24.3 Å². The van der Waals surface area contributed by atoms with Crippen LogP contribution in [0.25, 0.3) is 0 Å². The Labute approximate surface area is 153 Å². The molecule has 7 nitrogen and oxygen atoms in total. The van der Waals surface area contributed by atoms with E-state index in [4.69, 9.17) is 4.84 Å². The van der Waals surface area contributed by atoms with Crippen molar-refractivity contribution in [2.75, 3.05) is 24.9 Å². The molecule has 2 aromatic rings. The van der Waals surface area contributed by atoms with Crippen molar-refractivity contribution in [2.24, 2.45) is 0 Å². The number of nitrogens with one attached hydrogen (secondary N) is 1. The van der Waals surface area contributed by atoms with Gasteiger partial charge >= 0.3 is 0 Å². The normalized spacial score (nSPS) is 15.7. The van der Waals surface area contributed by atoms with Gasteiger partial charge in [0.1, 0.15) is 6.10 Å². The summed E-state index contributed by atoms with van der Waals surface area (Å²) in [5.41, 5.74) is 6.44. The maximum absolute atomic E-state index is 11.9. The molecule has 1 aliphatic rings. The van der Waals surface area contributed by atoms with E-state index in [-0.39, 0.29) is 17.3 Å². The first-order chi connectivity index (χ1) is 12.4. The molecule has 3 rings (SSSR count). The van der Waals surface area contributed by atoms with E-state index in [1.165, 1.54) is 12.1 Å². The quantitative estimate of drug-likeness (QED) is 0.712. The van der Waals surface area contributed by atoms with Gasteiger partial charge in [-0.05, 0) is 36.4 Å². The molecule has 1 atom stereocenters. The first-order valence-corrected chi connectivity index (χ1v) is 10.1. The van der Waals surface area contributed by atoms with E-state index in [0.29, 0.717) is 11.3 Å². The molecule has 1 aromatic carbocycles. The Kier molecular flexibility index (Phi) is 5.57.